The van der Waals surface area contributed by atoms with Crippen molar-refractivity contribution < 1.29 is 9.90 Å². The van der Waals surface area contributed by atoms with Crippen molar-refractivity contribution in [2.45, 2.75) is 69.9 Å². The molecule has 2 aliphatic rings. The molecule has 1 saturated heterocycles. The summed E-state index contributed by atoms with van der Waals surface area (Å²) in [6.07, 6.45) is 7.38. The number of hydrogen-bond donors (Lipinski definition) is 1. The Morgan fingerprint density at radius 3 is 2.72 bits per heavy atom. The first-order valence-electron chi connectivity index (χ1n) is 9.52. The Labute approximate surface area is 150 Å². The van der Waals surface area contributed by atoms with Crippen molar-refractivity contribution in [3.05, 3.63) is 35.4 Å². The summed E-state index contributed by atoms with van der Waals surface area (Å²) in [4.78, 5) is 14.8. The molecule has 1 aliphatic heterocycles. The number of likely N-dealkylation sites (tertiary alicyclic amines) is 1. The van der Waals surface area contributed by atoms with E-state index in [9.17, 15) is 9.90 Å². The molecule has 0 aromatic heterocycles. The number of rotatable bonds is 4. The van der Waals surface area contributed by atoms with Gasteiger partial charge in [0.2, 0.25) is 5.91 Å². The number of carbonyl (C=O) groups is 1. The maximum absolute atomic E-state index is 12.8. The van der Waals surface area contributed by atoms with Crippen LogP contribution in [0.25, 0.3) is 0 Å². The zero-order valence-corrected chi connectivity index (χ0v) is 15.1. The Bertz CT molecular complexity index is 645. The van der Waals surface area contributed by atoms with E-state index in [0.29, 0.717) is 18.4 Å². The minimum Gasteiger partial charge on any atom is -0.390 e. The number of benzene rings is 1. The van der Waals surface area contributed by atoms with Gasteiger partial charge in [-0.25, -0.2) is 0 Å². The summed E-state index contributed by atoms with van der Waals surface area (Å²) in [6.45, 7) is 2.78. The zero-order valence-electron chi connectivity index (χ0n) is 15.1. The van der Waals surface area contributed by atoms with E-state index in [4.69, 9.17) is 5.26 Å². The van der Waals surface area contributed by atoms with Gasteiger partial charge in [0.05, 0.1) is 17.2 Å². The molecule has 1 N–H and O–H groups in total. The van der Waals surface area contributed by atoms with Gasteiger partial charge in [-0.3, -0.25) is 4.79 Å². The maximum atomic E-state index is 12.8. The summed E-state index contributed by atoms with van der Waals surface area (Å²) >= 11 is 0. The molecule has 2 fully saturated rings. The highest BCUT2D eigenvalue weighted by atomic mass is 16.3. The molecule has 1 aliphatic carbocycles. The predicted octanol–water partition coefficient (Wildman–Crippen LogP) is 3.42. The quantitative estimate of drug-likeness (QED) is 0.913. The van der Waals surface area contributed by atoms with Crippen LogP contribution in [0.4, 0.5) is 0 Å². The van der Waals surface area contributed by atoms with Crippen molar-refractivity contribution in [3.8, 4) is 6.07 Å². The van der Waals surface area contributed by atoms with E-state index < -0.39 is 5.60 Å². The van der Waals surface area contributed by atoms with Crippen LogP contribution in [-0.2, 0) is 11.2 Å². The first-order valence-corrected chi connectivity index (χ1v) is 9.52. The van der Waals surface area contributed by atoms with Gasteiger partial charge in [-0.05, 0) is 56.7 Å². The first kappa shape index (κ1) is 17.9. The van der Waals surface area contributed by atoms with Gasteiger partial charge in [-0.2, -0.15) is 5.26 Å². The van der Waals surface area contributed by atoms with E-state index in [-0.39, 0.29) is 17.9 Å². The molecule has 4 nitrogen and oxygen atoms in total. The molecule has 134 valence electrons. The van der Waals surface area contributed by atoms with Crippen LogP contribution in [0.1, 0.15) is 63.0 Å². The second kappa shape index (κ2) is 7.58. The summed E-state index contributed by atoms with van der Waals surface area (Å²) in [5.41, 5.74) is 1.10. The molecule has 25 heavy (non-hydrogen) atoms. The van der Waals surface area contributed by atoms with Crippen LogP contribution in [0, 0.1) is 17.2 Å². The van der Waals surface area contributed by atoms with Gasteiger partial charge in [0, 0.05) is 24.9 Å². The van der Waals surface area contributed by atoms with Gasteiger partial charge in [-0.15, -0.1) is 0 Å². The van der Waals surface area contributed by atoms with E-state index in [1.165, 1.54) is 0 Å². The van der Waals surface area contributed by atoms with Crippen molar-refractivity contribution in [2.24, 2.45) is 5.92 Å². The highest BCUT2D eigenvalue weighted by Gasteiger charge is 2.44. The molecule has 1 aromatic rings. The number of aryl methyl sites for hydroxylation is 1. The van der Waals surface area contributed by atoms with Gasteiger partial charge in [0.1, 0.15) is 0 Å². The van der Waals surface area contributed by atoms with Gasteiger partial charge in [0.15, 0.2) is 0 Å². The molecule has 1 saturated carbocycles. The Hall–Kier alpha value is -1.86. The molecule has 0 bridgehead atoms. The number of nitriles is 1. The van der Waals surface area contributed by atoms with Crippen LogP contribution >= 0.6 is 0 Å². The number of aliphatic hydroxyl groups is 1. The summed E-state index contributed by atoms with van der Waals surface area (Å²) in [5, 5.41) is 19.6. The lowest BCUT2D eigenvalue weighted by atomic mass is 9.72. The second-order valence-corrected chi connectivity index (χ2v) is 7.81. The van der Waals surface area contributed by atoms with E-state index in [1.807, 2.05) is 24.0 Å². The average Bonchev–Trinajstić information content (AvgIpc) is 3.09. The number of hydrogen-bond acceptors (Lipinski definition) is 3. The zero-order chi connectivity index (χ0) is 17.9. The lowest BCUT2D eigenvalue weighted by Crippen LogP contribution is -2.50. The Balaban J connectivity index is 1.61. The van der Waals surface area contributed by atoms with E-state index in [2.05, 4.69) is 6.07 Å². The van der Waals surface area contributed by atoms with Gasteiger partial charge in [0.25, 0.3) is 0 Å². The number of amides is 1. The molecule has 4 heteroatoms. The molecule has 3 rings (SSSR count). The molecule has 0 spiro atoms. The molecule has 1 aromatic carbocycles. The highest BCUT2D eigenvalue weighted by Crippen LogP contribution is 2.40. The van der Waals surface area contributed by atoms with Crippen LogP contribution < -0.4 is 0 Å². The number of nitrogens with zero attached hydrogens (tertiary/aromatic N) is 2. The normalized spacial score (nSPS) is 29.4. The molecule has 3 unspecified atom stereocenters. The maximum Gasteiger partial charge on any atom is 0.223 e. The van der Waals surface area contributed by atoms with Gasteiger partial charge >= 0.3 is 0 Å². The van der Waals surface area contributed by atoms with Crippen LogP contribution in [0.3, 0.4) is 0 Å². The molecule has 1 heterocycles. The monoisotopic (exact) mass is 340 g/mol. The fourth-order valence-corrected chi connectivity index (χ4v) is 4.61. The van der Waals surface area contributed by atoms with Crippen LogP contribution in [0.5, 0.6) is 0 Å². The molecular formula is C21H28N2O2. The van der Waals surface area contributed by atoms with Crippen molar-refractivity contribution in [1.82, 2.24) is 4.90 Å². The topological polar surface area (TPSA) is 64.3 Å². The van der Waals surface area contributed by atoms with E-state index in [1.54, 1.807) is 12.1 Å². The predicted molar refractivity (Wildman–Crippen MR) is 96.8 cm³/mol. The fourth-order valence-electron chi connectivity index (χ4n) is 4.61. The van der Waals surface area contributed by atoms with Gasteiger partial charge < -0.3 is 10.0 Å². The number of carbonyl (C=O) groups excluding carboxylic acids is 1. The summed E-state index contributed by atoms with van der Waals surface area (Å²) in [5.74, 6) is 0.413. The molecule has 0 radical (unpaired) electrons. The second-order valence-electron chi connectivity index (χ2n) is 7.81. The summed E-state index contributed by atoms with van der Waals surface area (Å²) in [6, 6.07) is 9.78. The fraction of sp³-hybridized carbons (Fsp3) is 0.619. The smallest absolute Gasteiger partial charge is 0.223 e. The standard InChI is InChI=1S/C21H28N2O2/c1-21(25)13-3-2-5-18(21)19-6-4-14-23(19)20(24)12-11-16-7-9-17(15-22)10-8-16/h7-10,18-19,25H,2-6,11-14H2,1H3. The van der Waals surface area contributed by atoms with Crippen molar-refractivity contribution in [2.75, 3.05) is 6.54 Å². The highest BCUT2D eigenvalue weighted by molar-refractivity contribution is 5.77. The molecule has 3 atom stereocenters. The SMILES string of the molecule is CC1(O)CCCCC1C1CCCN1C(=O)CCc1ccc(C#N)cc1. The van der Waals surface area contributed by atoms with Crippen LogP contribution in [-0.4, -0.2) is 34.1 Å². The Morgan fingerprint density at radius 2 is 2.04 bits per heavy atom. The van der Waals surface area contributed by atoms with E-state index in [0.717, 1.165) is 50.6 Å². The van der Waals surface area contributed by atoms with Crippen molar-refractivity contribution in [1.29, 1.82) is 5.26 Å². The van der Waals surface area contributed by atoms with E-state index >= 15 is 0 Å². The van der Waals surface area contributed by atoms with Gasteiger partial charge in [-0.1, -0.05) is 25.0 Å². The summed E-state index contributed by atoms with van der Waals surface area (Å²) in [7, 11) is 0. The third-order valence-electron chi connectivity index (χ3n) is 6.04. The third-order valence-corrected chi connectivity index (χ3v) is 6.04. The minimum absolute atomic E-state index is 0.198. The Kier molecular flexibility index (Phi) is 5.44. The average molecular weight is 340 g/mol. The van der Waals surface area contributed by atoms with Crippen LogP contribution in [0.15, 0.2) is 24.3 Å². The first-order chi connectivity index (χ1) is 12.0. The van der Waals surface area contributed by atoms with Crippen molar-refractivity contribution in [3.63, 3.8) is 0 Å². The lowest BCUT2D eigenvalue weighted by Gasteiger charge is -2.43. The van der Waals surface area contributed by atoms with Crippen molar-refractivity contribution >= 4 is 5.91 Å². The largest absolute Gasteiger partial charge is 0.390 e. The third kappa shape index (κ3) is 4.04. The minimum atomic E-state index is -0.640. The summed E-state index contributed by atoms with van der Waals surface area (Å²) < 4.78 is 0. The molecule has 1 amide bonds. The van der Waals surface area contributed by atoms with Crippen LogP contribution in [0.2, 0.25) is 0 Å². The lowest BCUT2D eigenvalue weighted by molar-refractivity contribution is -0.136. The Morgan fingerprint density at radius 1 is 1.28 bits per heavy atom. The molecular weight excluding hydrogens is 312 g/mol.